The first-order valence-electron chi connectivity index (χ1n) is 11.2. The van der Waals surface area contributed by atoms with E-state index in [1.165, 1.54) is 4.68 Å². The molecular weight excluding hydrogens is 428 g/mol. The molecule has 0 saturated carbocycles. The van der Waals surface area contributed by atoms with E-state index in [0.717, 1.165) is 11.3 Å². The molecular formula is C27H23N4O3+. The number of carbonyl (C=O) groups excluding carboxylic acids is 2. The molecule has 2 aromatic heterocycles. The summed E-state index contributed by atoms with van der Waals surface area (Å²) in [5.41, 5.74) is 1.85. The normalized spacial score (nSPS) is 13.7. The molecule has 7 heteroatoms. The number of pyridine rings is 1. The highest BCUT2D eigenvalue weighted by molar-refractivity contribution is 6.53. The molecule has 0 spiro atoms. The molecule has 0 atom stereocenters. The number of para-hydroxylation sites is 2. The van der Waals surface area contributed by atoms with Gasteiger partial charge >= 0.3 is 5.91 Å². The molecule has 2 amide bonds. The number of nitrogens with zero attached hydrogens (tertiary/aromatic N) is 3. The lowest BCUT2D eigenvalue weighted by molar-refractivity contribution is -0.576. The van der Waals surface area contributed by atoms with E-state index in [4.69, 9.17) is 0 Å². The van der Waals surface area contributed by atoms with Crippen LogP contribution in [0.4, 0.5) is 5.69 Å². The lowest BCUT2D eigenvalue weighted by Gasteiger charge is -2.13. The Kier molecular flexibility index (Phi) is 5.51. The summed E-state index contributed by atoms with van der Waals surface area (Å²) in [4.78, 5) is 42.4. The molecule has 2 aromatic carbocycles. The van der Waals surface area contributed by atoms with Crippen molar-refractivity contribution in [1.82, 2.24) is 9.78 Å². The van der Waals surface area contributed by atoms with Crippen molar-refractivity contribution in [2.75, 3.05) is 4.90 Å². The second kappa shape index (κ2) is 8.78. The fourth-order valence-corrected chi connectivity index (χ4v) is 4.27. The van der Waals surface area contributed by atoms with Crippen molar-refractivity contribution in [2.45, 2.75) is 19.8 Å². The van der Waals surface area contributed by atoms with Gasteiger partial charge in [-0.1, -0.05) is 55.8 Å². The molecule has 1 aliphatic heterocycles. The van der Waals surface area contributed by atoms with E-state index in [9.17, 15) is 14.4 Å². The predicted molar refractivity (Wildman–Crippen MR) is 129 cm³/mol. The average molecular weight is 452 g/mol. The number of hydrogen-bond donors (Lipinski definition) is 1. The Balaban J connectivity index is 1.78. The van der Waals surface area contributed by atoms with E-state index in [0.29, 0.717) is 23.5 Å². The number of anilines is 1. The SMILES string of the molecule is CCCc1[nH]n(-c2ccccc2)c(=O)c1C1=C([n+]2ccccc2)C(=O)N(c2ccccc2)C1=O. The number of benzene rings is 2. The van der Waals surface area contributed by atoms with Crippen LogP contribution in [0.1, 0.15) is 24.6 Å². The largest absolute Gasteiger partial charge is 0.331 e. The van der Waals surface area contributed by atoms with Crippen LogP contribution in [0.25, 0.3) is 17.0 Å². The fraction of sp³-hybridized carbons (Fsp3) is 0.111. The third-order valence-electron chi connectivity index (χ3n) is 5.78. The van der Waals surface area contributed by atoms with Crippen molar-refractivity contribution in [3.05, 3.63) is 113 Å². The topological polar surface area (TPSA) is 79.1 Å². The number of nitrogens with one attached hydrogen (secondary N) is 1. The third kappa shape index (κ3) is 3.47. The average Bonchev–Trinajstić information content (AvgIpc) is 3.32. The van der Waals surface area contributed by atoms with Crippen molar-refractivity contribution < 1.29 is 14.2 Å². The summed E-state index contributed by atoms with van der Waals surface area (Å²) in [7, 11) is 0. The van der Waals surface area contributed by atoms with Gasteiger partial charge in [-0.2, -0.15) is 4.57 Å². The van der Waals surface area contributed by atoms with Gasteiger partial charge in [-0.05, 0) is 30.7 Å². The van der Waals surface area contributed by atoms with Crippen molar-refractivity contribution in [3.63, 3.8) is 0 Å². The number of amides is 2. The van der Waals surface area contributed by atoms with Crippen LogP contribution in [0.2, 0.25) is 0 Å². The molecule has 5 rings (SSSR count). The molecule has 0 bridgehead atoms. The highest BCUT2D eigenvalue weighted by Gasteiger charge is 2.48. The van der Waals surface area contributed by atoms with Gasteiger partial charge in [0.2, 0.25) is 0 Å². The summed E-state index contributed by atoms with van der Waals surface area (Å²) >= 11 is 0. The minimum atomic E-state index is -0.517. The molecule has 0 fully saturated rings. The summed E-state index contributed by atoms with van der Waals surface area (Å²) in [6.07, 6.45) is 4.72. The second-order valence-electron chi connectivity index (χ2n) is 7.98. The lowest BCUT2D eigenvalue weighted by atomic mass is 10.0. The Hall–Kier alpha value is -4.52. The molecule has 0 aliphatic carbocycles. The monoisotopic (exact) mass is 451 g/mol. The molecule has 7 nitrogen and oxygen atoms in total. The molecule has 3 heterocycles. The first-order chi connectivity index (χ1) is 16.6. The predicted octanol–water partition coefficient (Wildman–Crippen LogP) is 3.35. The zero-order valence-electron chi connectivity index (χ0n) is 18.6. The number of aryl methyl sites for hydroxylation is 1. The van der Waals surface area contributed by atoms with E-state index in [2.05, 4.69) is 5.10 Å². The Bertz CT molecular complexity index is 1450. The minimum Gasteiger partial charge on any atom is -0.294 e. The third-order valence-corrected chi connectivity index (χ3v) is 5.78. The zero-order chi connectivity index (χ0) is 23.7. The molecule has 0 saturated heterocycles. The second-order valence-corrected chi connectivity index (χ2v) is 7.98. The smallest absolute Gasteiger partial charge is 0.294 e. The molecule has 1 N–H and O–H groups in total. The number of aromatic amines is 1. The van der Waals surface area contributed by atoms with Gasteiger partial charge < -0.3 is 0 Å². The van der Waals surface area contributed by atoms with Crippen LogP contribution < -0.4 is 15.0 Å². The van der Waals surface area contributed by atoms with Gasteiger partial charge in [0, 0.05) is 17.8 Å². The number of rotatable bonds is 6. The number of aromatic nitrogens is 3. The standard InChI is InChI=1S/C27H22N4O3/c1-2-12-21-22(26(33)31(28-21)20-15-8-4-9-16-20)23-24(29-17-10-5-11-18-29)27(34)30(25(23)32)19-13-6-3-7-14-19/h3-11,13-18H,2,12H2,1H3/p+1. The number of H-pyrrole nitrogens is 1. The summed E-state index contributed by atoms with van der Waals surface area (Å²) < 4.78 is 3.04. The maximum Gasteiger partial charge on any atom is 0.331 e. The van der Waals surface area contributed by atoms with E-state index in [1.54, 1.807) is 53.4 Å². The number of hydrogen-bond acceptors (Lipinski definition) is 3. The van der Waals surface area contributed by atoms with Crippen molar-refractivity contribution in [2.24, 2.45) is 0 Å². The van der Waals surface area contributed by atoms with Crippen molar-refractivity contribution in [3.8, 4) is 5.69 Å². The summed E-state index contributed by atoms with van der Waals surface area (Å²) in [5, 5.41) is 3.18. The van der Waals surface area contributed by atoms with E-state index in [-0.39, 0.29) is 22.4 Å². The van der Waals surface area contributed by atoms with E-state index in [1.807, 2.05) is 49.4 Å². The van der Waals surface area contributed by atoms with Crippen LogP contribution in [-0.4, -0.2) is 21.6 Å². The first kappa shape index (κ1) is 21.3. The number of carbonyl (C=O) groups is 2. The Labute approximate surface area is 196 Å². The number of imide groups is 1. The van der Waals surface area contributed by atoms with E-state index < -0.39 is 11.8 Å². The van der Waals surface area contributed by atoms with Gasteiger partial charge in [0.25, 0.3) is 17.2 Å². The molecule has 0 radical (unpaired) electrons. The van der Waals surface area contributed by atoms with Crippen LogP contribution in [0.3, 0.4) is 0 Å². The fourth-order valence-electron chi connectivity index (χ4n) is 4.27. The van der Waals surface area contributed by atoms with Crippen LogP contribution in [-0.2, 0) is 16.0 Å². The quantitative estimate of drug-likeness (QED) is 0.361. The molecule has 168 valence electrons. The van der Waals surface area contributed by atoms with Gasteiger partial charge in [0.05, 0.1) is 16.9 Å². The molecule has 4 aromatic rings. The van der Waals surface area contributed by atoms with Gasteiger partial charge in [0.15, 0.2) is 12.4 Å². The first-order valence-corrected chi connectivity index (χ1v) is 11.2. The van der Waals surface area contributed by atoms with Crippen molar-refractivity contribution in [1.29, 1.82) is 0 Å². The summed E-state index contributed by atoms with van der Waals surface area (Å²) in [5.74, 6) is -0.993. The van der Waals surface area contributed by atoms with E-state index >= 15 is 0 Å². The lowest BCUT2D eigenvalue weighted by Crippen LogP contribution is -2.39. The maximum absolute atomic E-state index is 13.8. The van der Waals surface area contributed by atoms with Gasteiger partial charge in [-0.15, -0.1) is 0 Å². The Morgan fingerprint density at radius 1 is 0.765 bits per heavy atom. The molecule has 1 aliphatic rings. The van der Waals surface area contributed by atoms with Crippen LogP contribution in [0, 0.1) is 0 Å². The van der Waals surface area contributed by atoms with Gasteiger partial charge in [0.1, 0.15) is 5.57 Å². The Morgan fingerprint density at radius 2 is 1.35 bits per heavy atom. The van der Waals surface area contributed by atoms with Crippen molar-refractivity contribution >= 4 is 28.8 Å². The van der Waals surface area contributed by atoms with Gasteiger partial charge in [-0.25, -0.2) is 9.58 Å². The zero-order valence-corrected chi connectivity index (χ0v) is 18.6. The highest BCUT2D eigenvalue weighted by atomic mass is 16.2. The summed E-state index contributed by atoms with van der Waals surface area (Å²) in [6, 6.07) is 23.3. The maximum atomic E-state index is 13.8. The summed E-state index contributed by atoms with van der Waals surface area (Å²) in [6.45, 7) is 2.00. The molecule has 0 unspecified atom stereocenters. The highest BCUT2D eigenvalue weighted by Crippen LogP contribution is 2.33. The van der Waals surface area contributed by atoms with Gasteiger partial charge in [-0.3, -0.25) is 19.5 Å². The Morgan fingerprint density at radius 3 is 1.97 bits per heavy atom. The minimum absolute atomic E-state index is 0.101. The van der Waals surface area contributed by atoms with Crippen LogP contribution >= 0.6 is 0 Å². The van der Waals surface area contributed by atoms with Crippen LogP contribution in [0.5, 0.6) is 0 Å². The van der Waals surface area contributed by atoms with Crippen LogP contribution in [0.15, 0.2) is 96.1 Å². The molecule has 34 heavy (non-hydrogen) atoms.